The van der Waals surface area contributed by atoms with Gasteiger partial charge in [-0.3, -0.25) is 9.59 Å². The summed E-state index contributed by atoms with van der Waals surface area (Å²) in [5, 5.41) is 0.579. The zero-order valence-electron chi connectivity index (χ0n) is 18.9. The predicted molar refractivity (Wildman–Crippen MR) is 128 cm³/mol. The maximum atomic E-state index is 13.7. The fourth-order valence-electron chi connectivity index (χ4n) is 4.61. The third kappa shape index (κ3) is 4.51. The summed E-state index contributed by atoms with van der Waals surface area (Å²) < 4.78 is 53.7. The van der Waals surface area contributed by atoms with Crippen LogP contribution in [0.1, 0.15) is 31.8 Å². The maximum absolute atomic E-state index is 13.7. The van der Waals surface area contributed by atoms with E-state index < -0.39 is 29.0 Å². The van der Waals surface area contributed by atoms with Crippen molar-refractivity contribution in [2.75, 3.05) is 36.0 Å². The Morgan fingerprint density at radius 1 is 0.861 bits per heavy atom. The summed E-state index contributed by atoms with van der Waals surface area (Å²) >= 11 is 5.95. The van der Waals surface area contributed by atoms with Crippen LogP contribution < -0.4 is 9.80 Å². The normalized spacial score (nSPS) is 15.9. The van der Waals surface area contributed by atoms with Crippen LogP contribution in [0.3, 0.4) is 0 Å². The molecule has 0 N–H and O–H groups in total. The molecule has 2 heterocycles. The zero-order valence-corrected chi connectivity index (χ0v) is 19.6. The van der Waals surface area contributed by atoms with Crippen molar-refractivity contribution < 1.29 is 27.2 Å². The summed E-state index contributed by atoms with van der Waals surface area (Å²) in [5.41, 5.74) is 1.23. The first-order chi connectivity index (χ1) is 17.1. The van der Waals surface area contributed by atoms with Crippen LogP contribution in [0.15, 0.2) is 60.7 Å². The molecule has 2 aliphatic rings. The van der Waals surface area contributed by atoms with Crippen LogP contribution in [0.2, 0.25) is 5.02 Å². The molecule has 0 atom stereocenters. The largest absolute Gasteiger partial charge is 0.417 e. The number of fused-ring (bicyclic) bond motifs is 1. The second-order valence-corrected chi connectivity index (χ2v) is 9.11. The van der Waals surface area contributed by atoms with Gasteiger partial charge in [0, 0.05) is 48.1 Å². The summed E-state index contributed by atoms with van der Waals surface area (Å²) in [5.74, 6) is -1.85. The van der Waals surface area contributed by atoms with Crippen LogP contribution in [0.5, 0.6) is 0 Å². The molecular weight excluding hydrogens is 498 g/mol. The third-order valence-electron chi connectivity index (χ3n) is 6.48. The number of nitrogens with zero attached hydrogens (tertiary/aromatic N) is 3. The Balaban J connectivity index is 1.29. The smallest absolute Gasteiger partial charge is 0.368 e. The highest BCUT2D eigenvalue weighted by Crippen LogP contribution is 2.34. The van der Waals surface area contributed by atoms with Crippen molar-refractivity contribution in [1.82, 2.24) is 4.90 Å². The molecule has 0 aliphatic carbocycles. The highest BCUT2D eigenvalue weighted by molar-refractivity contribution is 6.30. The lowest BCUT2D eigenvalue weighted by Crippen LogP contribution is -2.49. The van der Waals surface area contributed by atoms with E-state index in [0.29, 0.717) is 48.4 Å². The van der Waals surface area contributed by atoms with Crippen molar-refractivity contribution in [2.45, 2.75) is 12.7 Å². The van der Waals surface area contributed by atoms with E-state index in [1.54, 1.807) is 35.2 Å². The van der Waals surface area contributed by atoms with Crippen molar-refractivity contribution in [3.63, 3.8) is 0 Å². The minimum absolute atomic E-state index is 0.107. The predicted octanol–water partition coefficient (Wildman–Crippen LogP) is 5.62. The molecule has 1 saturated heterocycles. The average Bonchev–Trinajstić information content (AvgIpc) is 3.19. The number of hydrogen-bond donors (Lipinski definition) is 0. The van der Waals surface area contributed by atoms with Crippen LogP contribution in [0.25, 0.3) is 0 Å². The summed E-state index contributed by atoms with van der Waals surface area (Å²) in [7, 11) is 0. The molecule has 0 aromatic heterocycles. The molecule has 0 saturated carbocycles. The molecule has 2 amide bonds. The Kier molecular flexibility index (Phi) is 6.12. The Morgan fingerprint density at radius 2 is 1.53 bits per heavy atom. The van der Waals surface area contributed by atoms with Crippen LogP contribution >= 0.6 is 11.6 Å². The van der Waals surface area contributed by atoms with Gasteiger partial charge < -0.3 is 14.7 Å². The first-order valence-corrected chi connectivity index (χ1v) is 11.6. The number of benzene rings is 3. The lowest BCUT2D eigenvalue weighted by atomic mass is 10.0. The van der Waals surface area contributed by atoms with E-state index in [2.05, 4.69) is 0 Å². The number of rotatable bonds is 3. The number of carbonyl (C=O) groups is 2. The van der Waals surface area contributed by atoms with E-state index in [4.69, 9.17) is 11.6 Å². The fraction of sp³-hybridized carbons (Fsp3) is 0.231. The molecule has 3 aromatic carbocycles. The van der Waals surface area contributed by atoms with E-state index in [1.165, 1.54) is 4.90 Å². The summed E-state index contributed by atoms with van der Waals surface area (Å²) in [4.78, 5) is 30.7. The molecule has 0 spiro atoms. The number of halogens is 5. The lowest BCUT2D eigenvalue weighted by Gasteiger charge is -2.36. The quantitative estimate of drug-likeness (QED) is 0.424. The van der Waals surface area contributed by atoms with Gasteiger partial charge in [0.05, 0.1) is 17.7 Å². The van der Waals surface area contributed by atoms with Gasteiger partial charge in [0.2, 0.25) is 0 Å². The van der Waals surface area contributed by atoms with Crippen LogP contribution in [0, 0.1) is 5.82 Å². The Hall–Kier alpha value is -3.59. The molecule has 2 aliphatic heterocycles. The SMILES string of the molecule is O=C(c1cc(F)ccc1C(F)(F)F)N1CCN(c2ccc3c(c2)CN(c2ccc(Cl)cc2)C3=O)CC1. The number of hydrogen-bond acceptors (Lipinski definition) is 3. The maximum Gasteiger partial charge on any atom is 0.417 e. The summed E-state index contributed by atoms with van der Waals surface area (Å²) in [6.07, 6.45) is -4.76. The standard InChI is InChI=1S/C26H20ClF4N3O2/c27-17-1-4-19(5-2-17)34-15-16-13-20(6-7-21(16)25(34)36)32-9-11-33(12-10-32)24(35)22-14-18(28)3-8-23(22)26(29,30)31/h1-8,13-14H,9-12,15H2. The van der Waals surface area contributed by atoms with Crippen LogP contribution in [-0.2, 0) is 12.7 Å². The molecule has 0 bridgehead atoms. The Morgan fingerprint density at radius 3 is 2.19 bits per heavy atom. The first kappa shape index (κ1) is 24.1. The van der Waals surface area contributed by atoms with Crippen LogP contribution in [0.4, 0.5) is 28.9 Å². The summed E-state index contributed by atoms with van der Waals surface area (Å²) in [6.45, 7) is 1.53. The minimum Gasteiger partial charge on any atom is -0.368 e. The molecule has 3 aromatic rings. The lowest BCUT2D eigenvalue weighted by molar-refractivity contribution is -0.138. The van der Waals surface area contributed by atoms with E-state index >= 15 is 0 Å². The van der Waals surface area contributed by atoms with Crippen molar-refractivity contribution >= 4 is 34.8 Å². The van der Waals surface area contributed by atoms with Gasteiger partial charge >= 0.3 is 6.18 Å². The number of amides is 2. The van der Waals surface area contributed by atoms with Gasteiger partial charge in [-0.1, -0.05) is 11.6 Å². The van der Waals surface area contributed by atoms with Gasteiger partial charge in [-0.05, 0) is 66.2 Å². The van der Waals surface area contributed by atoms with Crippen molar-refractivity contribution in [2.24, 2.45) is 0 Å². The average molecular weight is 518 g/mol. The molecule has 5 nitrogen and oxygen atoms in total. The van der Waals surface area contributed by atoms with E-state index in [9.17, 15) is 27.2 Å². The Bertz CT molecular complexity index is 1340. The van der Waals surface area contributed by atoms with E-state index in [1.807, 2.05) is 17.0 Å². The van der Waals surface area contributed by atoms with Gasteiger partial charge in [-0.25, -0.2) is 4.39 Å². The van der Waals surface area contributed by atoms with Crippen molar-refractivity contribution in [3.05, 3.63) is 93.8 Å². The molecule has 0 unspecified atom stereocenters. The van der Waals surface area contributed by atoms with E-state index in [-0.39, 0.29) is 19.0 Å². The van der Waals surface area contributed by atoms with Gasteiger partial charge in [0.1, 0.15) is 5.82 Å². The summed E-state index contributed by atoms with van der Waals surface area (Å²) in [6, 6.07) is 14.5. The number of piperazine rings is 1. The van der Waals surface area contributed by atoms with Gasteiger partial charge in [0.15, 0.2) is 0 Å². The molecule has 36 heavy (non-hydrogen) atoms. The second kappa shape index (κ2) is 9.13. The molecule has 0 radical (unpaired) electrons. The topological polar surface area (TPSA) is 43.9 Å². The fourth-order valence-corrected chi connectivity index (χ4v) is 4.74. The number of carbonyl (C=O) groups excluding carboxylic acids is 2. The molecule has 1 fully saturated rings. The first-order valence-electron chi connectivity index (χ1n) is 11.2. The highest BCUT2D eigenvalue weighted by Gasteiger charge is 2.37. The molecule has 186 valence electrons. The molecule has 10 heteroatoms. The minimum atomic E-state index is -4.76. The number of anilines is 2. The van der Waals surface area contributed by atoms with E-state index in [0.717, 1.165) is 16.9 Å². The second-order valence-electron chi connectivity index (χ2n) is 8.68. The highest BCUT2D eigenvalue weighted by atomic mass is 35.5. The molecule has 5 rings (SSSR count). The van der Waals surface area contributed by atoms with Gasteiger partial charge in [0.25, 0.3) is 11.8 Å². The third-order valence-corrected chi connectivity index (χ3v) is 6.73. The Labute approximate surface area is 209 Å². The molecular formula is C26H20ClF4N3O2. The number of alkyl halides is 3. The van der Waals surface area contributed by atoms with Gasteiger partial charge in [-0.15, -0.1) is 0 Å². The van der Waals surface area contributed by atoms with Crippen molar-refractivity contribution in [1.29, 1.82) is 0 Å². The van der Waals surface area contributed by atoms with Gasteiger partial charge in [-0.2, -0.15) is 13.2 Å². The van der Waals surface area contributed by atoms with Crippen molar-refractivity contribution in [3.8, 4) is 0 Å². The van der Waals surface area contributed by atoms with Crippen LogP contribution in [-0.4, -0.2) is 42.9 Å². The zero-order chi connectivity index (χ0) is 25.6. The monoisotopic (exact) mass is 517 g/mol.